The van der Waals surface area contributed by atoms with Gasteiger partial charge in [0.1, 0.15) is 17.0 Å². The molecule has 0 radical (unpaired) electrons. The van der Waals surface area contributed by atoms with E-state index in [0.717, 1.165) is 56.1 Å². The maximum atomic E-state index is 14.0. The highest BCUT2D eigenvalue weighted by atomic mass is 35.5. The summed E-state index contributed by atoms with van der Waals surface area (Å²) in [5, 5.41) is 0.376. The molecule has 0 N–H and O–H groups in total. The van der Waals surface area contributed by atoms with Crippen LogP contribution in [0.3, 0.4) is 0 Å². The van der Waals surface area contributed by atoms with Gasteiger partial charge in [0.15, 0.2) is 0 Å². The molecule has 0 bridgehead atoms. The normalized spacial score (nSPS) is 19.9. The van der Waals surface area contributed by atoms with Gasteiger partial charge in [-0.25, -0.2) is 9.37 Å². The summed E-state index contributed by atoms with van der Waals surface area (Å²) in [6.07, 6.45) is 4.56. The summed E-state index contributed by atoms with van der Waals surface area (Å²) >= 11 is 7.61. The van der Waals surface area contributed by atoms with E-state index in [2.05, 4.69) is 14.8 Å². The average molecular weight is 523 g/mol. The third-order valence-corrected chi connectivity index (χ3v) is 8.02. The van der Waals surface area contributed by atoms with E-state index in [9.17, 15) is 9.18 Å². The first-order valence-corrected chi connectivity index (χ1v) is 13.4. The van der Waals surface area contributed by atoms with E-state index in [1.807, 2.05) is 65.7 Å². The standard InChI is InChI=1S/C28H28ClFN4OS/c29-23-8-3-6-21(18-23)19-25-27(35)34(28(36-25)22-7-4-9-24(30)20-22)13-5-12-32-14-16-33(17-15-32)26-10-1-2-11-31-26/h1-4,6-11,18-20,28H,5,12-17H2. The zero-order chi connectivity index (χ0) is 24.9. The number of carbonyl (C=O) groups is 1. The molecule has 8 heteroatoms. The van der Waals surface area contributed by atoms with Crippen molar-refractivity contribution in [3.05, 3.63) is 99.8 Å². The Kier molecular flexibility index (Phi) is 7.90. The van der Waals surface area contributed by atoms with Crippen molar-refractivity contribution in [2.75, 3.05) is 44.2 Å². The third-order valence-electron chi connectivity index (χ3n) is 6.49. The number of rotatable bonds is 7. The Hall–Kier alpha value is -2.87. The number of thioether (sulfide) groups is 1. The Morgan fingerprint density at radius 1 is 1.00 bits per heavy atom. The Balaban J connectivity index is 1.24. The molecule has 3 heterocycles. The molecule has 0 spiro atoms. The minimum Gasteiger partial charge on any atom is -0.354 e. The van der Waals surface area contributed by atoms with Crippen molar-refractivity contribution < 1.29 is 9.18 Å². The highest BCUT2D eigenvalue weighted by Crippen LogP contribution is 2.46. The number of pyridine rings is 1. The second-order valence-electron chi connectivity index (χ2n) is 8.96. The maximum absolute atomic E-state index is 14.0. The van der Waals surface area contributed by atoms with E-state index in [1.54, 1.807) is 6.07 Å². The summed E-state index contributed by atoms with van der Waals surface area (Å²) in [5.41, 5.74) is 1.68. The molecule has 1 unspecified atom stereocenters. The van der Waals surface area contributed by atoms with Crippen molar-refractivity contribution in [1.82, 2.24) is 14.8 Å². The van der Waals surface area contributed by atoms with Gasteiger partial charge < -0.3 is 9.80 Å². The van der Waals surface area contributed by atoms with Crippen molar-refractivity contribution in [3.63, 3.8) is 0 Å². The summed E-state index contributed by atoms with van der Waals surface area (Å²) in [7, 11) is 0. The number of benzene rings is 2. The average Bonchev–Trinajstić information content (AvgIpc) is 3.20. The molecule has 2 aliphatic heterocycles. The molecule has 36 heavy (non-hydrogen) atoms. The fourth-order valence-electron chi connectivity index (χ4n) is 4.66. The molecule has 5 rings (SSSR count). The first kappa shape index (κ1) is 24.8. The first-order chi connectivity index (χ1) is 17.6. The molecule has 3 aromatic rings. The zero-order valence-electron chi connectivity index (χ0n) is 19.9. The van der Waals surface area contributed by atoms with Gasteiger partial charge in [-0.3, -0.25) is 9.69 Å². The molecule has 1 atom stereocenters. The van der Waals surface area contributed by atoms with Gasteiger partial charge in [0.2, 0.25) is 0 Å². The van der Waals surface area contributed by atoms with Crippen molar-refractivity contribution in [2.24, 2.45) is 0 Å². The van der Waals surface area contributed by atoms with E-state index in [1.165, 1.54) is 23.9 Å². The van der Waals surface area contributed by atoms with Gasteiger partial charge in [0, 0.05) is 43.9 Å². The number of hydrogen-bond acceptors (Lipinski definition) is 5. The molecule has 0 aliphatic carbocycles. The number of aromatic nitrogens is 1. The monoisotopic (exact) mass is 522 g/mol. The number of carbonyl (C=O) groups excluding carboxylic acids is 1. The lowest BCUT2D eigenvalue weighted by Crippen LogP contribution is -2.47. The van der Waals surface area contributed by atoms with Gasteiger partial charge in [0.05, 0.1) is 4.91 Å². The maximum Gasteiger partial charge on any atom is 0.261 e. The number of hydrogen-bond donors (Lipinski definition) is 0. The Bertz CT molecular complexity index is 1230. The summed E-state index contributed by atoms with van der Waals surface area (Å²) in [4.78, 5) is 25.2. The number of piperazine rings is 1. The summed E-state index contributed by atoms with van der Waals surface area (Å²) in [5.74, 6) is 0.710. The number of nitrogens with zero attached hydrogens (tertiary/aromatic N) is 4. The van der Waals surface area contributed by atoms with Crippen molar-refractivity contribution >= 4 is 41.2 Å². The van der Waals surface area contributed by atoms with Gasteiger partial charge in [-0.05, 0) is 66.6 Å². The lowest BCUT2D eigenvalue weighted by atomic mass is 10.1. The van der Waals surface area contributed by atoms with E-state index in [0.29, 0.717) is 16.5 Å². The van der Waals surface area contributed by atoms with E-state index < -0.39 is 0 Å². The van der Waals surface area contributed by atoms with Crippen LogP contribution in [0.5, 0.6) is 0 Å². The zero-order valence-corrected chi connectivity index (χ0v) is 21.5. The number of anilines is 1. The van der Waals surface area contributed by atoms with Crippen molar-refractivity contribution in [2.45, 2.75) is 11.8 Å². The quantitative estimate of drug-likeness (QED) is 0.372. The molecule has 1 aromatic heterocycles. The lowest BCUT2D eigenvalue weighted by molar-refractivity contribution is -0.126. The molecule has 5 nitrogen and oxygen atoms in total. The number of amides is 1. The van der Waals surface area contributed by atoms with Gasteiger partial charge >= 0.3 is 0 Å². The van der Waals surface area contributed by atoms with Crippen LogP contribution in [0.15, 0.2) is 77.8 Å². The molecule has 2 fully saturated rings. The molecule has 2 aromatic carbocycles. The van der Waals surface area contributed by atoms with E-state index in [-0.39, 0.29) is 17.1 Å². The predicted octanol–water partition coefficient (Wildman–Crippen LogP) is 5.70. The van der Waals surface area contributed by atoms with Crippen LogP contribution in [0, 0.1) is 5.82 Å². The second-order valence-corrected chi connectivity index (χ2v) is 10.5. The third kappa shape index (κ3) is 5.91. The molecule has 0 saturated carbocycles. The summed E-state index contributed by atoms with van der Waals surface area (Å²) < 4.78 is 14.0. The first-order valence-electron chi connectivity index (χ1n) is 12.2. The van der Waals surface area contributed by atoms with Crippen molar-refractivity contribution in [3.8, 4) is 0 Å². The van der Waals surface area contributed by atoms with Gasteiger partial charge in [-0.2, -0.15) is 0 Å². The van der Waals surface area contributed by atoms with Crippen LogP contribution in [0.1, 0.15) is 22.9 Å². The highest BCUT2D eigenvalue weighted by Gasteiger charge is 2.37. The molecule has 1 amide bonds. The molecular formula is C28H28ClFN4OS. The van der Waals surface area contributed by atoms with Crippen LogP contribution in [0.2, 0.25) is 5.02 Å². The minimum absolute atomic E-state index is 0.0193. The van der Waals surface area contributed by atoms with Crippen LogP contribution in [-0.4, -0.2) is 60.0 Å². The summed E-state index contributed by atoms with van der Waals surface area (Å²) in [6, 6.07) is 20.0. The van der Waals surface area contributed by atoms with Crippen LogP contribution >= 0.6 is 23.4 Å². The van der Waals surface area contributed by atoms with Crippen LogP contribution < -0.4 is 4.90 Å². The topological polar surface area (TPSA) is 39.7 Å². The minimum atomic E-state index is -0.293. The Morgan fingerprint density at radius 2 is 1.83 bits per heavy atom. The lowest BCUT2D eigenvalue weighted by Gasteiger charge is -2.35. The van der Waals surface area contributed by atoms with Crippen LogP contribution in [-0.2, 0) is 4.79 Å². The highest BCUT2D eigenvalue weighted by molar-refractivity contribution is 8.04. The Morgan fingerprint density at radius 3 is 2.58 bits per heavy atom. The molecule has 2 saturated heterocycles. The fourth-order valence-corrected chi connectivity index (χ4v) is 6.13. The fraction of sp³-hybridized carbons (Fsp3) is 0.286. The van der Waals surface area contributed by atoms with Gasteiger partial charge in [-0.15, -0.1) is 0 Å². The smallest absolute Gasteiger partial charge is 0.261 e. The molecular weight excluding hydrogens is 495 g/mol. The van der Waals surface area contributed by atoms with Crippen LogP contribution in [0.4, 0.5) is 10.2 Å². The van der Waals surface area contributed by atoms with Gasteiger partial charge in [-0.1, -0.05) is 53.7 Å². The van der Waals surface area contributed by atoms with Crippen molar-refractivity contribution in [1.29, 1.82) is 0 Å². The van der Waals surface area contributed by atoms with E-state index >= 15 is 0 Å². The summed E-state index contributed by atoms with van der Waals surface area (Å²) in [6.45, 7) is 5.33. The van der Waals surface area contributed by atoms with Gasteiger partial charge in [0.25, 0.3) is 5.91 Å². The number of halogens is 2. The Labute approximate surface area is 220 Å². The molecule has 186 valence electrons. The second kappa shape index (κ2) is 11.5. The largest absolute Gasteiger partial charge is 0.354 e. The molecule has 2 aliphatic rings. The van der Waals surface area contributed by atoms with Crippen LogP contribution in [0.25, 0.3) is 6.08 Å². The predicted molar refractivity (Wildman–Crippen MR) is 145 cm³/mol. The van der Waals surface area contributed by atoms with E-state index in [4.69, 9.17) is 11.6 Å². The SMILES string of the molecule is O=C1C(=Cc2cccc(Cl)c2)SC(c2cccc(F)c2)N1CCCN1CCN(c2ccccn2)CC1.